The Morgan fingerprint density at radius 3 is 2.52 bits per heavy atom. The Kier molecular flexibility index (Phi) is 3.82. The van der Waals surface area contributed by atoms with Crippen molar-refractivity contribution < 1.29 is 4.74 Å². The molecule has 130 valence electrons. The van der Waals surface area contributed by atoms with Gasteiger partial charge in [-0.05, 0) is 55.5 Å². The number of hydrogen-bond acceptors (Lipinski definition) is 5. The van der Waals surface area contributed by atoms with Crippen molar-refractivity contribution in [2.24, 2.45) is 0 Å². The summed E-state index contributed by atoms with van der Waals surface area (Å²) in [6, 6.07) is 8.34. The Labute approximate surface area is 147 Å². The highest BCUT2D eigenvalue weighted by molar-refractivity contribution is 5.48. The van der Waals surface area contributed by atoms with E-state index in [1.165, 1.54) is 18.4 Å². The zero-order valence-electron chi connectivity index (χ0n) is 15.2. The van der Waals surface area contributed by atoms with Crippen molar-refractivity contribution in [3.8, 4) is 5.75 Å². The second-order valence-corrected chi connectivity index (χ2v) is 6.91. The van der Waals surface area contributed by atoms with E-state index in [2.05, 4.69) is 48.1 Å². The third-order valence-corrected chi connectivity index (χ3v) is 4.75. The standard InChI is InChI=1S/C19H23N5O/c1-12-9-14(10-13(2)18(12)25-4)11-23(3)17-8-7-16-20-21-19(15-5-6-15)24(16)22-17/h7-10,15H,5-6,11H2,1-4H3. The van der Waals surface area contributed by atoms with E-state index >= 15 is 0 Å². The molecular formula is C19H23N5O. The van der Waals surface area contributed by atoms with Crippen LogP contribution in [0.5, 0.6) is 5.75 Å². The van der Waals surface area contributed by atoms with Gasteiger partial charge in [0.1, 0.15) is 11.6 Å². The van der Waals surface area contributed by atoms with Crippen molar-refractivity contribution in [3.05, 3.63) is 46.8 Å². The molecule has 1 aliphatic rings. The molecular weight excluding hydrogens is 314 g/mol. The van der Waals surface area contributed by atoms with Crippen LogP contribution in [0, 0.1) is 13.8 Å². The van der Waals surface area contributed by atoms with E-state index in [-0.39, 0.29) is 0 Å². The summed E-state index contributed by atoms with van der Waals surface area (Å²) in [6.45, 7) is 4.95. The first kappa shape index (κ1) is 15.9. The third-order valence-electron chi connectivity index (χ3n) is 4.75. The van der Waals surface area contributed by atoms with Gasteiger partial charge in [0.2, 0.25) is 0 Å². The molecule has 6 nitrogen and oxygen atoms in total. The Morgan fingerprint density at radius 2 is 1.88 bits per heavy atom. The first-order valence-corrected chi connectivity index (χ1v) is 8.64. The smallest absolute Gasteiger partial charge is 0.178 e. The van der Waals surface area contributed by atoms with Crippen molar-refractivity contribution in [1.82, 2.24) is 19.8 Å². The highest BCUT2D eigenvalue weighted by Gasteiger charge is 2.29. The molecule has 1 fully saturated rings. The molecule has 0 radical (unpaired) electrons. The number of anilines is 1. The lowest BCUT2D eigenvalue weighted by atomic mass is 10.1. The number of benzene rings is 1. The number of ether oxygens (including phenoxy) is 1. The Bertz CT molecular complexity index is 906. The summed E-state index contributed by atoms with van der Waals surface area (Å²) < 4.78 is 7.35. The van der Waals surface area contributed by atoms with Crippen LogP contribution >= 0.6 is 0 Å². The number of aromatic nitrogens is 4. The highest BCUT2D eigenvalue weighted by atomic mass is 16.5. The average molecular weight is 337 g/mol. The van der Waals surface area contributed by atoms with Crippen molar-refractivity contribution >= 4 is 11.5 Å². The molecule has 0 saturated heterocycles. The second-order valence-electron chi connectivity index (χ2n) is 6.91. The maximum absolute atomic E-state index is 5.46. The van der Waals surface area contributed by atoms with E-state index in [1.807, 2.05) is 16.6 Å². The Morgan fingerprint density at radius 1 is 1.16 bits per heavy atom. The van der Waals surface area contributed by atoms with Crippen molar-refractivity contribution in [1.29, 1.82) is 0 Å². The van der Waals surface area contributed by atoms with Gasteiger partial charge in [0, 0.05) is 19.5 Å². The monoisotopic (exact) mass is 337 g/mol. The minimum absolute atomic E-state index is 0.523. The fourth-order valence-electron chi connectivity index (χ4n) is 3.40. The van der Waals surface area contributed by atoms with Gasteiger partial charge in [0.15, 0.2) is 11.5 Å². The summed E-state index contributed by atoms with van der Waals surface area (Å²) in [6.07, 6.45) is 2.37. The van der Waals surface area contributed by atoms with Crippen LogP contribution in [-0.2, 0) is 6.54 Å². The normalized spacial score (nSPS) is 14.1. The average Bonchev–Trinajstić information content (AvgIpc) is 3.33. The summed E-state index contributed by atoms with van der Waals surface area (Å²) in [5, 5.41) is 13.3. The number of aryl methyl sites for hydroxylation is 2. The molecule has 2 aromatic heterocycles. The quantitative estimate of drug-likeness (QED) is 0.715. The van der Waals surface area contributed by atoms with E-state index in [9.17, 15) is 0 Å². The number of fused-ring (bicyclic) bond motifs is 1. The molecule has 4 rings (SSSR count). The number of rotatable bonds is 5. The second kappa shape index (κ2) is 6.02. The van der Waals surface area contributed by atoms with Crippen LogP contribution in [0.1, 0.15) is 41.3 Å². The largest absolute Gasteiger partial charge is 0.496 e. The van der Waals surface area contributed by atoms with Gasteiger partial charge in [-0.15, -0.1) is 15.3 Å². The maximum Gasteiger partial charge on any atom is 0.178 e. The van der Waals surface area contributed by atoms with Crippen LogP contribution in [0.4, 0.5) is 5.82 Å². The Hall–Kier alpha value is -2.63. The van der Waals surface area contributed by atoms with Crippen LogP contribution < -0.4 is 9.64 Å². The molecule has 0 unspecified atom stereocenters. The lowest BCUT2D eigenvalue weighted by Gasteiger charge is -2.20. The van der Waals surface area contributed by atoms with E-state index in [0.29, 0.717) is 5.92 Å². The Balaban J connectivity index is 1.61. The topological polar surface area (TPSA) is 55.5 Å². The molecule has 3 aromatic rings. The SMILES string of the molecule is COc1c(C)cc(CN(C)c2ccc3nnc(C4CC4)n3n2)cc1C. The van der Waals surface area contributed by atoms with Gasteiger partial charge in [-0.25, -0.2) is 0 Å². The molecule has 6 heteroatoms. The maximum atomic E-state index is 5.46. The van der Waals surface area contributed by atoms with Crippen LogP contribution in [0.2, 0.25) is 0 Å². The number of nitrogens with zero attached hydrogens (tertiary/aromatic N) is 5. The molecule has 1 aromatic carbocycles. The predicted octanol–water partition coefficient (Wildman–Crippen LogP) is 3.26. The molecule has 0 spiro atoms. The fraction of sp³-hybridized carbons (Fsp3) is 0.421. The molecule has 25 heavy (non-hydrogen) atoms. The van der Waals surface area contributed by atoms with Gasteiger partial charge in [-0.1, -0.05) is 12.1 Å². The summed E-state index contributed by atoms with van der Waals surface area (Å²) >= 11 is 0. The number of hydrogen-bond donors (Lipinski definition) is 0. The predicted molar refractivity (Wildman–Crippen MR) is 97.3 cm³/mol. The van der Waals surface area contributed by atoms with E-state index < -0.39 is 0 Å². The molecule has 0 N–H and O–H groups in total. The molecule has 1 saturated carbocycles. The molecule has 0 aliphatic heterocycles. The molecule has 0 amide bonds. The van der Waals surface area contributed by atoms with E-state index in [1.54, 1.807) is 7.11 Å². The first-order valence-electron chi connectivity index (χ1n) is 8.64. The van der Waals surface area contributed by atoms with Crippen LogP contribution in [0.25, 0.3) is 5.65 Å². The van der Waals surface area contributed by atoms with Gasteiger partial charge in [-0.2, -0.15) is 4.52 Å². The van der Waals surface area contributed by atoms with Gasteiger partial charge >= 0.3 is 0 Å². The molecule has 2 heterocycles. The summed E-state index contributed by atoms with van der Waals surface area (Å²) in [5.41, 5.74) is 4.37. The summed E-state index contributed by atoms with van der Waals surface area (Å²) in [7, 11) is 3.78. The zero-order chi connectivity index (χ0) is 17.6. The molecule has 0 atom stereocenters. The lowest BCUT2D eigenvalue weighted by Crippen LogP contribution is -2.19. The van der Waals surface area contributed by atoms with Crippen molar-refractivity contribution in [3.63, 3.8) is 0 Å². The third kappa shape index (κ3) is 2.92. The summed E-state index contributed by atoms with van der Waals surface area (Å²) in [4.78, 5) is 2.15. The van der Waals surface area contributed by atoms with Crippen LogP contribution in [-0.4, -0.2) is 34.0 Å². The fourth-order valence-corrected chi connectivity index (χ4v) is 3.40. The van der Waals surface area contributed by atoms with Crippen LogP contribution in [0.15, 0.2) is 24.3 Å². The van der Waals surface area contributed by atoms with Gasteiger partial charge < -0.3 is 9.64 Å². The van der Waals surface area contributed by atoms with Crippen molar-refractivity contribution in [2.75, 3.05) is 19.1 Å². The lowest BCUT2D eigenvalue weighted by molar-refractivity contribution is 0.408. The highest BCUT2D eigenvalue weighted by Crippen LogP contribution is 2.38. The molecule has 1 aliphatic carbocycles. The molecule has 0 bridgehead atoms. The zero-order valence-corrected chi connectivity index (χ0v) is 15.2. The van der Waals surface area contributed by atoms with Gasteiger partial charge in [-0.3, -0.25) is 0 Å². The van der Waals surface area contributed by atoms with Crippen molar-refractivity contribution in [2.45, 2.75) is 39.2 Å². The summed E-state index contributed by atoms with van der Waals surface area (Å²) in [5.74, 6) is 3.39. The van der Waals surface area contributed by atoms with E-state index in [4.69, 9.17) is 9.84 Å². The first-order chi connectivity index (χ1) is 12.1. The van der Waals surface area contributed by atoms with Gasteiger partial charge in [0.25, 0.3) is 0 Å². The van der Waals surface area contributed by atoms with Crippen LogP contribution in [0.3, 0.4) is 0 Å². The van der Waals surface area contributed by atoms with Gasteiger partial charge in [0.05, 0.1) is 7.11 Å². The van der Waals surface area contributed by atoms with E-state index in [0.717, 1.165) is 40.7 Å². The minimum Gasteiger partial charge on any atom is -0.496 e. The minimum atomic E-state index is 0.523. The number of methoxy groups -OCH3 is 1.